The van der Waals surface area contributed by atoms with Gasteiger partial charge in [0, 0.05) is 46.3 Å². The number of nitrogens with one attached hydrogen (secondary N) is 2. The molecule has 0 spiro atoms. The molecule has 2 aromatic heterocycles. The molecule has 0 radical (unpaired) electrons. The molecule has 2 unspecified atom stereocenters. The van der Waals surface area contributed by atoms with Crippen molar-refractivity contribution in [1.82, 2.24) is 9.80 Å². The number of anilines is 2. The molecule has 0 bridgehead atoms. The third-order valence-corrected chi connectivity index (χ3v) is 13.1. The van der Waals surface area contributed by atoms with Gasteiger partial charge in [-0.3, -0.25) is 9.59 Å². The predicted octanol–water partition coefficient (Wildman–Crippen LogP) is 13.0. The van der Waals surface area contributed by atoms with Crippen LogP contribution in [-0.4, -0.2) is 46.8 Å². The predicted molar refractivity (Wildman–Crippen MR) is 241 cm³/mol. The number of nitrogens with zero attached hydrogens (tertiary/aromatic N) is 2. The molecule has 2 amide bonds. The monoisotopic (exact) mass is 790 g/mol. The van der Waals surface area contributed by atoms with Crippen LogP contribution in [0.25, 0.3) is 32.3 Å². The highest BCUT2D eigenvalue weighted by atomic mass is 32.1. The second-order valence-corrected chi connectivity index (χ2v) is 18.5. The first-order valence-corrected chi connectivity index (χ1v) is 22.8. The normalized spacial score (nSPS) is 15.5. The van der Waals surface area contributed by atoms with Gasteiger partial charge in [0.25, 0.3) is 11.8 Å². The van der Waals surface area contributed by atoms with Crippen molar-refractivity contribution in [2.75, 3.05) is 23.7 Å². The zero-order chi connectivity index (χ0) is 39.9. The third kappa shape index (κ3) is 9.18. The summed E-state index contributed by atoms with van der Waals surface area (Å²) in [5.41, 5.74) is 7.16. The van der Waals surface area contributed by atoms with Gasteiger partial charge >= 0.3 is 0 Å². The van der Waals surface area contributed by atoms with E-state index in [0.29, 0.717) is 36.3 Å². The standard InChI is InChI=1S/C48H62N4O2S2/c1-9-13-15-35(11-3)49-37-21-17-33(18-22-37)39-25-27-41(55-39)45-43-44(48(54)51(45)29-31(5)6)46(52(47(43)53)30-32(7)8)42-28-26-40(56-42)34-19-23-38(24-20-34)50-36(12-4)16-14-10-2/h17-28,31-32,35-36,49-50H,9-16,29-30H2,1-8H3. The molecule has 4 aromatic rings. The molecule has 56 heavy (non-hydrogen) atoms. The third-order valence-electron chi connectivity index (χ3n) is 10.8. The molecule has 0 saturated carbocycles. The molecule has 2 atom stereocenters. The largest absolute Gasteiger partial charge is 0.382 e. The maximum atomic E-state index is 14.7. The molecule has 8 heteroatoms. The molecule has 0 saturated heterocycles. The second kappa shape index (κ2) is 18.9. The van der Waals surface area contributed by atoms with Crippen molar-refractivity contribution in [3.05, 3.63) is 93.7 Å². The number of hydrogen-bond donors (Lipinski definition) is 2. The molecule has 2 aliphatic rings. The van der Waals surface area contributed by atoms with Crippen LogP contribution in [0.4, 0.5) is 11.4 Å². The SMILES string of the molecule is CCCCC(CC)Nc1ccc(-c2ccc(C3=C4C(=O)N(CC(C)C)C(c5ccc(-c6ccc(NC(CC)CCCC)cc6)s5)=C4C(=O)N3CC(C)C)s2)cc1. The zero-order valence-electron chi connectivity index (χ0n) is 34.8. The smallest absolute Gasteiger partial charge is 0.261 e. The Morgan fingerprint density at radius 3 is 1.20 bits per heavy atom. The molecule has 2 aliphatic heterocycles. The fourth-order valence-electron chi connectivity index (χ4n) is 7.82. The average molecular weight is 791 g/mol. The molecule has 2 aromatic carbocycles. The van der Waals surface area contributed by atoms with E-state index in [1.54, 1.807) is 22.7 Å². The number of thiophene rings is 2. The summed E-state index contributed by atoms with van der Waals surface area (Å²) in [5, 5.41) is 7.43. The maximum Gasteiger partial charge on any atom is 0.261 e. The zero-order valence-corrected chi connectivity index (χ0v) is 36.5. The van der Waals surface area contributed by atoms with Crippen molar-refractivity contribution >= 4 is 57.3 Å². The minimum Gasteiger partial charge on any atom is -0.382 e. The molecular weight excluding hydrogens is 729 g/mol. The maximum absolute atomic E-state index is 14.7. The minimum atomic E-state index is -0.0730. The lowest BCUT2D eigenvalue weighted by Crippen LogP contribution is -2.33. The molecule has 2 N–H and O–H groups in total. The number of amides is 2. The molecule has 6 nitrogen and oxygen atoms in total. The van der Waals surface area contributed by atoms with Crippen molar-refractivity contribution in [2.45, 2.75) is 119 Å². The number of carbonyl (C=O) groups is 2. The van der Waals surface area contributed by atoms with Crippen LogP contribution < -0.4 is 10.6 Å². The van der Waals surface area contributed by atoms with Crippen molar-refractivity contribution < 1.29 is 9.59 Å². The summed E-state index contributed by atoms with van der Waals surface area (Å²) < 4.78 is 0. The summed E-state index contributed by atoms with van der Waals surface area (Å²) in [5.74, 6) is 0.313. The Hall–Kier alpha value is -4.14. The van der Waals surface area contributed by atoms with Crippen LogP contribution in [0.3, 0.4) is 0 Å². The lowest BCUT2D eigenvalue weighted by Gasteiger charge is -2.26. The van der Waals surface area contributed by atoms with E-state index in [-0.39, 0.29) is 23.7 Å². The molecule has 6 rings (SSSR count). The highest BCUT2D eigenvalue weighted by Crippen LogP contribution is 2.50. The summed E-state index contributed by atoms with van der Waals surface area (Å²) in [6.07, 6.45) is 9.42. The first-order chi connectivity index (χ1) is 27.1. The van der Waals surface area contributed by atoms with Gasteiger partial charge < -0.3 is 20.4 Å². The van der Waals surface area contributed by atoms with Crippen molar-refractivity contribution in [2.24, 2.45) is 11.8 Å². The fraction of sp³-hybridized carbons (Fsp3) is 0.458. The summed E-state index contributed by atoms with van der Waals surface area (Å²) in [6.45, 7) is 18.6. The molecule has 0 aliphatic carbocycles. The van der Waals surface area contributed by atoms with Crippen LogP contribution in [0.5, 0.6) is 0 Å². The number of rotatable bonds is 20. The topological polar surface area (TPSA) is 64.7 Å². The lowest BCUT2D eigenvalue weighted by atomic mass is 10.1. The van der Waals surface area contributed by atoms with Gasteiger partial charge in [0.15, 0.2) is 0 Å². The quantitative estimate of drug-likeness (QED) is 0.0936. The van der Waals surface area contributed by atoms with E-state index < -0.39 is 0 Å². The van der Waals surface area contributed by atoms with Gasteiger partial charge in [-0.15, -0.1) is 22.7 Å². The number of unbranched alkanes of at least 4 members (excludes halogenated alkanes) is 2. The van der Waals surface area contributed by atoms with E-state index >= 15 is 0 Å². The van der Waals surface area contributed by atoms with Gasteiger partial charge in [0.05, 0.1) is 32.3 Å². The van der Waals surface area contributed by atoms with Crippen LogP contribution in [0, 0.1) is 11.8 Å². The Morgan fingerprint density at radius 2 is 0.875 bits per heavy atom. The van der Waals surface area contributed by atoms with E-state index in [2.05, 4.69) is 139 Å². The van der Waals surface area contributed by atoms with Crippen LogP contribution in [0.15, 0.2) is 83.9 Å². The van der Waals surface area contributed by atoms with Crippen molar-refractivity contribution in [3.63, 3.8) is 0 Å². The second-order valence-electron chi connectivity index (χ2n) is 16.3. The summed E-state index contributed by atoms with van der Waals surface area (Å²) in [7, 11) is 0. The van der Waals surface area contributed by atoms with Crippen molar-refractivity contribution in [3.8, 4) is 20.9 Å². The minimum absolute atomic E-state index is 0.0730. The van der Waals surface area contributed by atoms with Crippen molar-refractivity contribution in [1.29, 1.82) is 0 Å². The van der Waals surface area contributed by atoms with E-state index in [1.165, 1.54) is 38.5 Å². The number of benzene rings is 2. The molecule has 298 valence electrons. The van der Waals surface area contributed by atoms with Crippen LogP contribution in [0.1, 0.15) is 117 Å². The van der Waals surface area contributed by atoms with Gasteiger partial charge in [-0.05, 0) is 97.2 Å². The van der Waals surface area contributed by atoms with Gasteiger partial charge in [0.2, 0.25) is 0 Å². The van der Waals surface area contributed by atoms with Crippen LogP contribution in [-0.2, 0) is 9.59 Å². The summed E-state index contributed by atoms with van der Waals surface area (Å²) in [4.78, 5) is 37.3. The Morgan fingerprint density at radius 1 is 0.518 bits per heavy atom. The van der Waals surface area contributed by atoms with Crippen LogP contribution in [0.2, 0.25) is 0 Å². The Kier molecular flexibility index (Phi) is 14.0. The Balaban J connectivity index is 1.34. The van der Waals surface area contributed by atoms with E-state index in [1.807, 2.05) is 9.80 Å². The lowest BCUT2D eigenvalue weighted by molar-refractivity contribution is -0.124. The first kappa shape index (κ1) is 41.5. The van der Waals surface area contributed by atoms with Gasteiger partial charge in [-0.25, -0.2) is 0 Å². The number of fused-ring (bicyclic) bond motifs is 1. The van der Waals surface area contributed by atoms with Gasteiger partial charge in [0.1, 0.15) is 0 Å². The highest BCUT2D eigenvalue weighted by molar-refractivity contribution is 7.17. The summed E-state index contributed by atoms with van der Waals surface area (Å²) >= 11 is 3.32. The summed E-state index contributed by atoms with van der Waals surface area (Å²) in [6, 6.07) is 26.8. The Labute approximate surface area is 344 Å². The first-order valence-electron chi connectivity index (χ1n) is 21.1. The Bertz CT molecular complexity index is 1870. The number of hydrogen-bond acceptors (Lipinski definition) is 6. The average Bonchev–Trinajstić information content (AvgIpc) is 3.98. The van der Waals surface area contributed by atoms with E-state index in [0.717, 1.165) is 66.2 Å². The van der Waals surface area contributed by atoms with Gasteiger partial charge in [-0.1, -0.05) is 105 Å². The molecular formula is C48H62N4O2S2. The van der Waals surface area contributed by atoms with E-state index in [9.17, 15) is 9.59 Å². The fourth-order valence-corrected chi connectivity index (χ4v) is 9.96. The molecule has 0 fully saturated rings. The van der Waals surface area contributed by atoms with Crippen LogP contribution >= 0.6 is 22.7 Å². The molecule has 4 heterocycles. The highest BCUT2D eigenvalue weighted by Gasteiger charge is 2.49. The van der Waals surface area contributed by atoms with Gasteiger partial charge in [-0.2, -0.15) is 0 Å². The van der Waals surface area contributed by atoms with E-state index in [4.69, 9.17) is 0 Å². The number of carbonyl (C=O) groups excluding carboxylic acids is 2.